The zero-order valence-electron chi connectivity index (χ0n) is 17.1. The first-order valence-corrected chi connectivity index (χ1v) is 9.29. The van der Waals surface area contributed by atoms with Crippen molar-refractivity contribution >= 4 is 17.6 Å². The highest BCUT2D eigenvalue weighted by atomic mass is 19.3. The van der Waals surface area contributed by atoms with Crippen LogP contribution in [0, 0.1) is 12.8 Å². The van der Waals surface area contributed by atoms with Gasteiger partial charge in [0.05, 0.1) is 0 Å². The molecular weight excluding hydrogens is 420 g/mol. The molecule has 0 saturated carbocycles. The van der Waals surface area contributed by atoms with Crippen LogP contribution >= 0.6 is 0 Å². The van der Waals surface area contributed by atoms with Crippen LogP contribution in [0.3, 0.4) is 0 Å². The van der Waals surface area contributed by atoms with E-state index < -0.39 is 24.9 Å². The number of ether oxygens (including phenoxy) is 1. The summed E-state index contributed by atoms with van der Waals surface area (Å²) in [7, 11) is 0. The number of aromatic nitrogens is 2. The number of alkyl halides is 4. The SMILES string of the molecule is Cc1cc(C(=O)NCc2ccc(OCC(F)(F)C(F)F)nc2)cc(NC(=O)C(C)C)n1. The summed E-state index contributed by atoms with van der Waals surface area (Å²) in [6, 6.07) is 5.69. The van der Waals surface area contributed by atoms with Crippen LogP contribution in [0.5, 0.6) is 5.88 Å². The van der Waals surface area contributed by atoms with Crippen LogP contribution in [0.2, 0.25) is 0 Å². The van der Waals surface area contributed by atoms with Gasteiger partial charge in [0.25, 0.3) is 5.91 Å². The van der Waals surface area contributed by atoms with Gasteiger partial charge in [0.1, 0.15) is 5.82 Å². The average molecular weight is 442 g/mol. The molecule has 0 fully saturated rings. The van der Waals surface area contributed by atoms with Gasteiger partial charge in [-0.05, 0) is 24.6 Å². The molecule has 0 aliphatic rings. The number of rotatable bonds is 9. The van der Waals surface area contributed by atoms with Crippen molar-refractivity contribution in [3.8, 4) is 5.88 Å². The molecule has 2 amide bonds. The Morgan fingerprint density at radius 2 is 1.90 bits per heavy atom. The van der Waals surface area contributed by atoms with Crippen molar-refractivity contribution in [2.24, 2.45) is 5.92 Å². The summed E-state index contributed by atoms with van der Waals surface area (Å²) in [5, 5.41) is 5.29. The number of carbonyl (C=O) groups is 2. The molecule has 2 aromatic rings. The molecule has 7 nitrogen and oxygen atoms in total. The summed E-state index contributed by atoms with van der Waals surface area (Å²) in [6.07, 6.45) is -2.57. The summed E-state index contributed by atoms with van der Waals surface area (Å²) in [5.41, 5.74) is 1.35. The van der Waals surface area contributed by atoms with Crippen LogP contribution < -0.4 is 15.4 Å². The molecule has 0 aliphatic heterocycles. The Morgan fingerprint density at radius 3 is 2.48 bits per heavy atom. The fraction of sp³-hybridized carbons (Fsp3) is 0.400. The molecule has 168 valence electrons. The number of aryl methyl sites for hydroxylation is 1. The minimum Gasteiger partial charge on any atom is -0.471 e. The molecule has 2 rings (SSSR count). The van der Waals surface area contributed by atoms with Crippen LogP contribution in [0.4, 0.5) is 23.4 Å². The standard InChI is InChI=1S/C20H22F4N4O3/c1-11(2)17(29)28-15-7-14(6-12(3)27-15)18(30)26-9-13-4-5-16(25-8-13)31-10-20(23,24)19(21)22/h4-8,11,19H,9-10H2,1-3H3,(H,26,30)(H,27,28,29). The molecule has 2 heterocycles. The normalized spacial score (nSPS) is 11.5. The summed E-state index contributed by atoms with van der Waals surface area (Å²) in [5.74, 6) is -5.17. The summed E-state index contributed by atoms with van der Waals surface area (Å²) >= 11 is 0. The van der Waals surface area contributed by atoms with Crippen LogP contribution in [0.15, 0.2) is 30.5 Å². The molecule has 0 saturated heterocycles. The van der Waals surface area contributed by atoms with E-state index in [0.717, 1.165) is 0 Å². The van der Waals surface area contributed by atoms with Gasteiger partial charge in [0.15, 0.2) is 6.61 Å². The predicted molar refractivity (Wildman–Crippen MR) is 104 cm³/mol. The van der Waals surface area contributed by atoms with Gasteiger partial charge in [-0.3, -0.25) is 9.59 Å². The van der Waals surface area contributed by atoms with Crippen molar-refractivity contribution in [2.75, 3.05) is 11.9 Å². The molecule has 2 aromatic heterocycles. The molecule has 31 heavy (non-hydrogen) atoms. The van der Waals surface area contributed by atoms with E-state index in [-0.39, 0.29) is 35.6 Å². The molecule has 0 aliphatic carbocycles. The third-order valence-corrected chi connectivity index (χ3v) is 3.97. The second-order valence-corrected chi connectivity index (χ2v) is 7.06. The Morgan fingerprint density at radius 1 is 1.19 bits per heavy atom. The second-order valence-electron chi connectivity index (χ2n) is 7.06. The lowest BCUT2D eigenvalue weighted by atomic mass is 10.2. The van der Waals surface area contributed by atoms with E-state index in [1.165, 1.54) is 24.4 Å². The molecule has 0 atom stereocenters. The van der Waals surface area contributed by atoms with Crippen molar-refractivity contribution in [2.45, 2.75) is 39.7 Å². The van der Waals surface area contributed by atoms with Crippen molar-refractivity contribution in [1.29, 1.82) is 0 Å². The minimum absolute atomic E-state index is 0.0639. The number of hydrogen-bond acceptors (Lipinski definition) is 5. The van der Waals surface area contributed by atoms with Gasteiger partial charge in [0, 0.05) is 36.0 Å². The van der Waals surface area contributed by atoms with Gasteiger partial charge in [-0.2, -0.15) is 8.78 Å². The quantitative estimate of drug-likeness (QED) is 0.579. The van der Waals surface area contributed by atoms with Crippen molar-refractivity contribution < 1.29 is 31.9 Å². The van der Waals surface area contributed by atoms with Gasteiger partial charge >= 0.3 is 12.3 Å². The predicted octanol–water partition coefficient (Wildman–Crippen LogP) is 3.59. The van der Waals surface area contributed by atoms with Crippen molar-refractivity contribution in [3.05, 3.63) is 47.3 Å². The van der Waals surface area contributed by atoms with Crippen molar-refractivity contribution in [1.82, 2.24) is 15.3 Å². The van der Waals surface area contributed by atoms with E-state index in [2.05, 4.69) is 25.3 Å². The fourth-order valence-corrected chi connectivity index (χ4v) is 2.25. The Hall–Kier alpha value is -3.24. The summed E-state index contributed by atoms with van der Waals surface area (Å²) < 4.78 is 54.6. The van der Waals surface area contributed by atoms with E-state index in [1.807, 2.05) is 0 Å². The maximum Gasteiger partial charge on any atom is 0.340 e. The third-order valence-electron chi connectivity index (χ3n) is 3.97. The zero-order valence-corrected chi connectivity index (χ0v) is 17.1. The number of nitrogens with zero attached hydrogens (tertiary/aromatic N) is 2. The summed E-state index contributed by atoms with van der Waals surface area (Å²) in [6.45, 7) is 3.71. The lowest BCUT2D eigenvalue weighted by molar-refractivity contribution is -0.148. The van der Waals surface area contributed by atoms with Crippen LogP contribution in [-0.4, -0.2) is 40.7 Å². The number of halogens is 4. The number of amides is 2. The first-order valence-electron chi connectivity index (χ1n) is 9.29. The molecule has 0 bridgehead atoms. The fourth-order valence-electron chi connectivity index (χ4n) is 2.25. The van der Waals surface area contributed by atoms with E-state index in [0.29, 0.717) is 11.3 Å². The largest absolute Gasteiger partial charge is 0.471 e. The van der Waals surface area contributed by atoms with Crippen LogP contribution in [0.1, 0.15) is 35.5 Å². The maximum absolute atomic E-state index is 12.9. The minimum atomic E-state index is -4.27. The highest BCUT2D eigenvalue weighted by Gasteiger charge is 2.41. The molecule has 0 radical (unpaired) electrons. The van der Waals surface area contributed by atoms with Crippen LogP contribution in [0.25, 0.3) is 0 Å². The van der Waals surface area contributed by atoms with Gasteiger partial charge < -0.3 is 15.4 Å². The molecule has 0 unspecified atom stereocenters. The molecule has 0 spiro atoms. The van der Waals surface area contributed by atoms with Gasteiger partial charge in [-0.15, -0.1) is 0 Å². The van der Waals surface area contributed by atoms with E-state index in [9.17, 15) is 27.2 Å². The molecular formula is C20H22F4N4O3. The number of nitrogens with one attached hydrogen (secondary N) is 2. The van der Waals surface area contributed by atoms with Gasteiger partial charge in [0.2, 0.25) is 11.8 Å². The Bertz CT molecular complexity index is 921. The topological polar surface area (TPSA) is 93.2 Å². The number of anilines is 1. The Balaban J connectivity index is 1.95. The monoisotopic (exact) mass is 442 g/mol. The van der Waals surface area contributed by atoms with Gasteiger partial charge in [-0.25, -0.2) is 18.7 Å². The first-order chi connectivity index (χ1) is 14.5. The number of carbonyl (C=O) groups excluding carboxylic acids is 2. The Kier molecular flexibility index (Phi) is 7.89. The highest BCUT2D eigenvalue weighted by Crippen LogP contribution is 2.23. The molecule has 0 aromatic carbocycles. The van der Waals surface area contributed by atoms with E-state index in [4.69, 9.17) is 0 Å². The average Bonchev–Trinajstić information content (AvgIpc) is 2.70. The Labute approximate surface area is 176 Å². The van der Waals surface area contributed by atoms with Crippen molar-refractivity contribution in [3.63, 3.8) is 0 Å². The number of pyridine rings is 2. The smallest absolute Gasteiger partial charge is 0.340 e. The summed E-state index contributed by atoms with van der Waals surface area (Å²) in [4.78, 5) is 32.2. The first kappa shape index (κ1) is 24.0. The maximum atomic E-state index is 12.9. The lowest BCUT2D eigenvalue weighted by Gasteiger charge is -2.15. The third kappa shape index (κ3) is 7.19. The van der Waals surface area contributed by atoms with Crippen LogP contribution in [-0.2, 0) is 11.3 Å². The number of hydrogen-bond donors (Lipinski definition) is 2. The van der Waals surface area contributed by atoms with E-state index in [1.54, 1.807) is 26.8 Å². The lowest BCUT2D eigenvalue weighted by Crippen LogP contribution is -2.33. The molecule has 2 N–H and O–H groups in total. The zero-order chi connectivity index (χ0) is 23.2. The highest BCUT2D eigenvalue weighted by molar-refractivity contribution is 5.97. The van der Waals surface area contributed by atoms with Gasteiger partial charge in [-0.1, -0.05) is 19.9 Å². The second kappa shape index (κ2) is 10.2. The molecule has 11 heteroatoms. The van der Waals surface area contributed by atoms with E-state index >= 15 is 0 Å².